The van der Waals surface area contributed by atoms with E-state index < -0.39 is 11.7 Å². The lowest BCUT2D eigenvalue weighted by atomic mass is 10.2. The first-order valence-corrected chi connectivity index (χ1v) is 6.03. The summed E-state index contributed by atoms with van der Waals surface area (Å²) in [5.74, 6) is 0.136. The lowest BCUT2D eigenvalue weighted by Gasteiger charge is -2.10. The zero-order valence-electron chi connectivity index (χ0n) is 9.75. The van der Waals surface area contributed by atoms with Crippen LogP contribution in [0.1, 0.15) is 10.4 Å². The smallest absolute Gasteiger partial charge is 0.373 e. The van der Waals surface area contributed by atoms with Crippen molar-refractivity contribution in [2.24, 2.45) is 0 Å². The van der Waals surface area contributed by atoms with E-state index in [0.717, 1.165) is 23.5 Å². The van der Waals surface area contributed by atoms with Gasteiger partial charge in [-0.3, -0.25) is 0 Å². The molecule has 0 amide bonds. The summed E-state index contributed by atoms with van der Waals surface area (Å²) in [6, 6.07) is 7.02. The van der Waals surface area contributed by atoms with Crippen LogP contribution < -0.4 is 5.32 Å². The molecule has 0 atom stereocenters. The summed E-state index contributed by atoms with van der Waals surface area (Å²) in [4.78, 5) is 5.03. The highest BCUT2D eigenvalue weighted by Crippen LogP contribution is 2.35. The van der Waals surface area contributed by atoms with Crippen LogP contribution in [0.2, 0.25) is 0 Å². The van der Waals surface area contributed by atoms with Gasteiger partial charge in [0.1, 0.15) is 16.8 Å². The van der Waals surface area contributed by atoms with Crippen LogP contribution in [-0.4, -0.2) is 12.0 Å². The summed E-state index contributed by atoms with van der Waals surface area (Å²) in [6.07, 6.45) is -4.43. The minimum Gasteiger partial charge on any atom is -0.373 e. The molecular weight excluding hydrogens is 275 g/mol. The standard InChI is InChI=1S/C12H8F3N3S/c1-17-11-5-7(12(13,14)15)4-9(18-11)10-3-2-8(6-16)19-10/h2-5H,1H3,(H,17,18). The van der Waals surface area contributed by atoms with E-state index in [4.69, 9.17) is 5.26 Å². The fourth-order valence-electron chi connectivity index (χ4n) is 1.48. The van der Waals surface area contributed by atoms with Crippen molar-refractivity contribution >= 4 is 17.2 Å². The molecule has 0 aliphatic rings. The van der Waals surface area contributed by atoms with Gasteiger partial charge in [-0.05, 0) is 24.3 Å². The molecule has 3 nitrogen and oxygen atoms in total. The van der Waals surface area contributed by atoms with Crippen LogP contribution >= 0.6 is 11.3 Å². The van der Waals surface area contributed by atoms with Crippen LogP contribution in [-0.2, 0) is 6.18 Å². The predicted octanol–water partition coefficient (Wildman–Crippen LogP) is 3.74. The van der Waals surface area contributed by atoms with Gasteiger partial charge in [-0.25, -0.2) is 4.98 Å². The second kappa shape index (κ2) is 4.90. The minimum atomic E-state index is -4.43. The third-order valence-corrected chi connectivity index (χ3v) is 3.39. The van der Waals surface area contributed by atoms with Crippen LogP contribution in [0.5, 0.6) is 0 Å². The zero-order valence-corrected chi connectivity index (χ0v) is 10.6. The summed E-state index contributed by atoms with van der Waals surface area (Å²) in [5.41, 5.74) is -0.570. The van der Waals surface area contributed by atoms with Gasteiger partial charge < -0.3 is 5.32 Å². The third kappa shape index (κ3) is 2.85. The number of thiophene rings is 1. The van der Waals surface area contributed by atoms with Gasteiger partial charge in [0.25, 0.3) is 0 Å². The number of anilines is 1. The van der Waals surface area contributed by atoms with E-state index in [9.17, 15) is 13.2 Å². The summed E-state index contributed by atoms with van der Waals surface area (Å²) in [6.45, 7) is 0. The van der Waals surface area contributed by atoms with E-state index in [1.807, 2.05) is 6.07 Å². The van der Waals surface area contributed by atoms with Crippen molar-refractivity contribution in [3.8, 4) is 16.6 Å². The quantitative estimate of drug-likeness (QED) is 0.913. The first-order chi connectivity index (χ1) is 8.94. The van der Waals surface area contributed by atoms with Crippen molar-refractivity contribution in [1.29, 1.82) is 5.26 Å². The van der Waals surface area contributed by atoms with E-state index in [-0.39, 0.29) is 11.5 Å². The molecule has 0 spiro atoms. The van der Waals surface area contributed by atoms with E-state index in [1.54, 1.807) is 12.1 Å². The molecule has 0 aromatic carbocycles. The number of hydrogen-bond donors (Lipinski definition) is 1. The molecule has 0 saturated heterocycles. The Morgan fingerprint density at radius 2 is 2.05 bits per heavy atom. The number of rotatable bonds is 2. The van der Waals surface area contributed by atoms with Crippen LogP contribution in [0.25, 0.3) is 10.6 Å². The molecule has 2 rings (SSSR count). The van der Waals surface area contributed by atoms with Gasteiger partial charge in [0, 0.05) is 7.05 Å². The molecule has 2 heterocycles. The molecule has 7 heteroatoms. The van der Waals surface area contributed by atoms with Crippen LogP contribution in [0, 0.1) is 11.3 Å². The van der Waals surface area contributed by atoms with Gasteiger partial charge in [0.05, 0.1) is 16.1 Å². The Labute approximate surface area is 111 Å². The Hall–Kier alpha value is -2.07. The highest BCUT2D eigenvalue weighted by atomic mass is 32.1. The fraction of sp³-hybridized carbons (Fsp3) is 0.167. The number of nitrogens with one attached hydrogen (secondary N) is 1. The monoisotopic (exact) mass is 283 g/mol. The average Bonchev–Trinajstić information content (AvgIpc) is 2.86. The predicted molar refractivity (Wildman–Crippen MR) is 66.8 cm³/mol. The van der Waals surface area contributed by atoms with E-state index in [0.29, 0.717) is 9.75 Å². The van der Waals surface area contributed by atoms with Crippen LogP contribution in [0.3, 0.4) is 0 Å². The fourth-order valence-corrected chi connectivity index (χ4v) is 2.25. The van der Waals surface area contributed by atoms with E-state index in [1.165, 1.54) is 7.05 Å². The Kier molecular flexibility index (Phi) is 3.44. The van der Waals surface area contributed by atoms with Crippen molar-refractivity contribution in [1.82, 2.24) is 4.98 Å². The molecule has 0 radical (unpaired) electrons. The number of aromatic nitrogens is 1. The number of alkyl halides is 3. The number of pyridine rings is 1. The van der Waals surface area contributed by atoms with Crippen LogP contribution in [0.15, 0.2) is 24.3 Å². The number of nitrogens with zero attached hydrogens (tertiary/aromatic N) is 2. The van der Waals surface area contributed by atoms with Gasteiger partial charge in [-0.15, -0.1) is 11.3 Å². The molecule has 98 valence electrons. The topological polar surface area (TPSA) is 48.7 Å². The lowest BCUT2D eigenvalue weighted by molar-refractivity contribution is -0.137. The largest absolute Gasteiger partial charge is 0.416 e. The summed E-state index contributed by atoms with van der Waals surface area (Å²) >= 11 is 1.11. The first kappa shape index (κ1) is 13.4. The summed E-state index contributed by atoms with van der Waals surface area (Å²) < 4.78 is 38.3. The van der Waals surface area contributed by atoms with E-state index in [2.05, 4.69) is 10.3 Å². The number of halogens is 3. The highest BCUT2D eigenvalue weighted by molar-refractivity contribution is 7.15. The molecule has 0 aliphatic carbocycles. The Balaban J connectivity index is 2.54. The maximum absolute atomic E-state index is 12.8. The molecule has 0 unspecified atom stereocenters. The normalized spacial score (nSPS) is 11.1. The van der Waals surface area contributed by atoms with Crippen molar-refractivity contribution in [3.63, 3.8) is 0 Å². The molecular formula is C12H8F3N3S. The third-order valence-electron chi connectivity index (χ3n) is 2.38. The second-order valence-electron chi connectivity index (χ2n) is 3.65. The Bertz CT molecular complexity index is 640. The molecule has 19 heavy (non-hydrogen) atoms. The Morgan fingerprint density at radius 1 is 1.32 bits per heavy atom. The van der Waals surface area contributed by atoms with E-state index >= 15 is 0 Å². The van der Waals surface area contributed by atoms with Gasteiger partial charge in [0.2, 0.25) is 0 Å². The maximum Gasteiger partial charge on any atom is 0.416 e. The van der Waals surface area contributed by atoms with Gasteiger partial charge >= 0.3 is 6.18 Å². The van der Waals surface area contributed by atoms with Crippen molar-refractivity contribution in [2.45, 2.75) is 6.18 Å². The van der Waals surface area contributed by atoms with Gasteiger partial charge in [0.15, 0.2) is 0 Å². The zero-order chi connectivity index (χ0) is 14.0. The molecule has 2 aromatic heterocycles. The molecule has 0 aliphatic heterocycles. The molecule has 1 N–H and O–H groups in total. The SMILES string of the molecule is CNc1cc(C(F)(F)F)cc(-c2ccc(C#N)s2)n1. The van der Waals surface area contributed by atoms with Gasteiger partial charge in [-0.2, -0.15) is 18.4 Å². The van der Waals surface area contributed by atoms with Crippen molar-refractivity contribution in [2.75, 3.05) is 12.4 Å². The molecule has 0 saturated carbocycles. The number of nitriles is 1. The second-order valence-corrected chi connectivity index (χ2v) is 4.73. The summed E-state index contributed by atoms with van der Waals surface area (Å²) in [5, 5.41) is 11.3. The lowest BCUT2D eigenvalue weighted by Crippen LogP contribution is -2.07. The van der Waals surface area contributed by atoms with Gasteiger partial charge in [-0.1, -0.05) is 0 Å². The van der Waals surface area contributed by atoms with Crippen LogP contribution in [0.4, 0.5) is 19.0 Å². The van der Waals surface area contributed by atoms with Crippen molar-refractivity contribution < 1.29 is 13.2 Å². The first-order valence-electron chi connectivity index (χ1n) is 5.21. The highest BCUT2D eigenvalue weighted by Gasteiger charge is 2.31. The molecule has 0 bridgehead atoms. The molecule has 0 fully saturated rings. The van der Waals surface area contributed by atoms with Crippen molar-refractivity contribution in [3.05, 3.63) is 34.7 Å². The molecule has 2 aromatic rings. The Morgan fingerprint density at radius 3 is 2.58 bits per heavy atom. The number of hydrogen-bond acceptors (Lipinski definition) is 4. The minimum absolute atomic E-state index is 0.136. The average molecular weight is 283 g/mol. The maximum atomic E-state index is 12.8. The summed E-state index contributed by atoms with van der Waals surface area (Å²) in [7, 11) is 1.50.